The van der Waals surface area contributed by atoms with Gasteiger partial charge in [0.1, 0.15) is 5.82 Å². The molecule has 0 aromatic heterocycles. The molecule has 1 aromatic carbocycles. The van der Waals surface area contributed by atoms with Crippen molar-refractivity contribution in [1.29, 1.82) is 0 Å². The summed E-state index contributed by atoms with van der Waals surface area (Å²) in [7, 11) is 0. The Morgan fingerprint density at radius 3 is 2.73 bits per heavy atom. The van der Waals surface area contributed by atoms with Gasteiger partial charge in [-0.1, -0.05) is 11.6 Å². The zero-order chi connectivity index (χ0) is 8.27. The second-order valence-corrected chi connectivity index (χ2v) is 2.96. The molecule has 0 aliphatic heterocycles. The van der Waals surface area contributed by atoms with Gasteiger partial charge in [-0.05, 0) is 30.2 Å². The summed E-state index contributed by atoms with van der Waals surface area (Å²) in [5.74, 6) is 0.193. The SMILES string of the molecule is Fc1ccc(Cl)c(CCCl)c1. The molecule has 0 unspecified atom stereocenters. The first kappa shape index (κ1) is 8.82. The van der Waals surface area contributed by atoms with Crippen LogP contribution in [0.15, 0.2) is 18.2 Å². The van der Waals surface area contributed by atoms with Crippen LogP contribution in [0.2, 0.25) is 5.02 Å². The summed E-state index contributed by atoms with van der Waals surface area (Å²) >= 11 is 11.2. The van der Waals surface area contributed by atoms with Crippen LogP contribution in [0.5, 0.6) is 0 Å². The Hall–Kier alpha value is -0.270. The molecule has 0 radical (unpaired) electrons. The monoisotopic (exact) mass is 192 g/mol. The van der Waals surface area contributed by atoms with E-state index in [2.05, 4.69) is 0 Å². The minimum absolute atomic E-state index is 0.269. The lowest BCUT2D eigenvalue weighted by Gasteiger charge is -2.00. The van der Waals surface area contributed by atoms with Crippen LogP contribution >= 0.6 is 23.2 Å². The Morgan fingerprint density at radius 1 is 1.36 bits per heavy atom. The minimum atomic E-state index is -0.269. The van der Waals surface area contributed by atoms with E-state index in [1.54, 1.807) is 6.07 Å². The Kier molecular flexibility index (Phi) is 3.16. The highest BCUT2D eigenvalue weighted by molar-refractivity contribution is 6.31. The van der Waals surface area contributed by atoms with Crippen LogP contribution in [-0.2, 0) is 6.42 Å². The molecule has 3 heteroatoms. The number of hydrogen-bond donors (Lipinski definition) is 0. The van der Waals surface area contributed by atoms with Crippen LogP contribution in [0, 0.1) is 5.82 Å². The molecule has 0 fully saturated rings. The molecule has 0 bridgehead atoms. The van der Waals surface area contributed by atoms with Gasteiger partial charge >= 0.3 is 0 Å². The second kappa shape index (κ2) is 3.93. The van der Waals surface area contributed by atoms with Gasteiger partial charge in [-0.3, -0.25) is 0 Å². The topological polar surface area (TPSA) is 0 Å². The first-order chi connectivity index (χ1) is 5.24. The average Bonchev–Trinajstić information content (AvgIpc) is 1.98. The minimum Gasteiger partial charge on any atom is -0.207 e. The summed E-state index contributed by atoms with van der Waals surface area (Å²) in [5.41, 5.74) is 0.765. The summed E-state index contributed by atoms with van der Waals surface area (Å²) in [6.07, 6.45) is 0.609. The maximum atomic E-state index is 12.6. The van der Waals surface area contributed by atoms with E-state index in [9.17, 15) is 4.39 Å². The van der Waals surface area contributed by atoms with Gasteiger partial charge in [-0.15, -0.1) is 11.6 Å². The molecular weight excluding hydrogens is 186 g/mol. The van der Waals surface area contributed by atoms with Gasteiger partial charge in [-0.2, -0.15) is 0 Å². The average molecular weight is 193 g/mol. The Balaban J connectivity index is 2.93. The molecule has 0 nitrogen and oxygen atoms in total. The quantitative estimate of drug-likeness (QED) is 0.632. The number of alkyl halides is 1. The zero-order valence-corrected chi connectivity index (χ0v) is 7.29. The highest BCUT2D eigenvalue weighted by Gasteiger charge is 2.00. The molecule has 0 aliphatic rings. The number of hydrogen-bond acceptors (Lipinski definition) is 0. The normalized spacial score (nSPS) is 10.1. The van der Waals surface area contributed by atoms with E-state index in [1.165, 1.54) is 12.1 Å². The predicted molar refractivity (Wildman–Crippen MR) is 45.8 cm³/mol. The second-order valence-electron chi connectivity index (χ2n) is 2.17. The van der Waals surface area contributed by atoms with Crippen molar-refractivity contribution in [3.63, 3.8) is 0 Å². The van der Waals surface area contributed by atoms with Gasteiger partial charge in [0, 0.05) is 10.9 Å². The third-order valence-electron chi connectivity index (χ3n) is 1.37. The summed E-state index contributed by atoms with van der Waals surface area (Å²) < 4.78 is 12.6. The maximum Gasteiger partial charge on any atom is 0.123 e. The Morgan fingerprint density at radius 2 is 2.09 bits per heavy atom. The van der Waals surface area contributed by atoms with Crippen LogP contribution < -0.4 is 0 Å². The Labute approximate surface area is 74.9 Å². The molecule has 0 atom stereocenters. The van der Waals surface area contributed by atoms with Gasteiger partial charge < -0.3 is 0 Å². The van der Waals surface area contributed by atoms with Crippen molar-refractivity contribution in [2.45, 2.75) is 6.42 Å². The highest BCUT2D eigenvalue weighted by Crippen LogP contribution is 2.17. The molecule has 0 aliphatic carbocycles. The van der Waals surface area contributed by atoms with E-state index in [1.807, 2.05) is 0 Å². The van der Waals surface area contributed by atoms with E-state index >= 15 is 0 Å². The van der Waals surface area contributed by atoms with Crippen LogP contribution in [0.4, 0.5) is 4.39 Å². The van der Waals surface area contributed by atoms with Crippen LogP contribution in [-0.4, -0.2) is 5.88 Å². The summed E-state index contributed by atoms with van der Waals surface area (Å²) in [5, 5.41) is 0.576. The molecule has 0 N–H and O–H groups in total. The smallest absolute Gasteiger partial charge is 0.123 e. The maximum absolute atomic E-state index is 12.6. The van der Waals surface area contributed by atoms with Gasteiger partial charge in [0.2, 0.25) is 0 Å². The van der Waals surface area contributed by atoms with E-state index in [0.717, 1.165) is 5.56 Å². The molecule has 60 valence electrons. The van der Waals surface area contributed by atoms with Crippen molar-refractivity contribution in [2.24, 2.45) is 0 Å². The molecular formula is C8H7Cl2F. The molecule has 0 heterocycles. The highest BCUT2D eigenvalue weighted by atomic mass is 35.5. The van der Waals surface area contributed by atoms with Crippen molar-refractivity contribution in [3.8, 4) is 0 Å². The molecule has 1 aromatic rings. The number of aryl methyl sites for hydroxylation is 1. The van der Waals surface area contributed by atoms with Crippen molar-refractivity contribution >= 4 is 23.2 Å². The molecule has 1 rings (SSSR count). The van der Waals surface area contributed by atoms with E-state index < -0.39 is 0 Å². The largest absolute Gasteiger partial charge is 0.207 e. The first-order valence-electron chi connectivity index (χ1n) is 3.24. The van der Waals surface area contributed by atoms with Gasteiger partial charge in [0.15, 0.2) is 0 Å². The van der Waals surface area contributed by atoms with E-state index in [4.69, 9.17) is 23.2 Å². The molecule has 11 heavy (non-hydrogen) atoms. The van der Waals surface area contributed by atoms with Gasteiger partial charge in [0.25, 0.3) is 0 Å². The number of benzene rings is 1. The molecule has 0 amide bonds. The van der Waals surface area contributed by atoms with Crippen LogP contribution in [0.1, 0.15) is 5.56 Å². The van der Waals surface area contributed by atoms with Crippen molar-refractivity contribution in [1.82, 2.24) is 0 Å². The Bertz CT molecular complexity index is 248. The number of rotatable bonds is 2. The van der Waals surface area contributed by atoms with E-state index in [0.29, 0.717) is 17.3 Å². The summed E-state index contributed by atoms with van der Waals surface area (Å²) in [6.45, 7) is 0. The van der Waals surface area contributed by atoms with Crippen LogP contribution in [0.25, 0.3) is 0 Å². The standard InChI is InChI=1S/C8H7Cl2F/c9-4-3-6-5-7(11)1-2-8(6)10/h1-2,5H,3-4H2. The van der Waals surface area contributed by atoms with Crippen LogP contribution in [0.3, 0.4) is 0 Å². The van der Waals surface area contributed by atoms with Gasteiger partial charge in [0.05, 0.1) is 0 Å². The molecule has 0 saturated heterocycles. The zero-order valence-electron chi connectivity index (χ0n) is 5.78. The molecule has 0 saturated carbocycles. The van der Waals surface area contributed by atoms with Crippen molar-refractivity contribution in [2.75, 3.05) is 5.88 Å². The first-order valence-corrected chi connectivity index (χ1v) is 4.15. The summed E-state index contributed by atoms with van der Waals surface area (Å²) in [6, 6.07) is 4.28. The fraction of sp³-hybridized carbons (Fsp3) is 0.250. The fourth-order valence-electron chi connectivity index (χ4n) is 0.837. The van der Waals surface area contributed by atoms with Crippen molar-refractivity contribution < 1.29 is 4.39 Å². The third-order valence-corrected chi connectivity index (χ3v) is 1.93. The third kappa shape index (κ3) is 2.35. The summed E-state index contributed by atoms with van der Waals surface area (Å²) in [4.78, 5) is 0. The number of halogens is 3. The lowest BCUT2D eigenvalue weighted by atomic mass is 10.2. The van der Waals surface area contributed by atoms with Crippen molar-refractivity contribution in [3.05, 3.63) is 34.6 Å². The lowest BCUT2D eigenvalue weighted by Crippen LogP contribution is -1.88. The molecule has 0 spiro atoms. The predicted octanol–water partition coefficient (Wildman–Crippen LogP) is 3.26. The fourth-order valence-corrected chi connectivity index (χ4v) is 1.25. The van der Waals surface area contributed by atoms with E-state index in [-0.39, 0.29) is 5.82 Å². The lowest BCUT2D eigenvalue weighted by molar-refractivity contribution is 0.626. The van der Waals surface area contributed by atoms with Gasteiger partial charge in [-0.25, -0.2) is 4.39 Å².